The van der Waals surface area contributed by atoms with Gasteiger partial charge in [-0.2, -0.15) is 0 Å². The molecule has 1 aliphatic heterocycles. The van der Waals surface area contributed by atoms with Gasteiger partial charge in [0.1, 0.15) is 6.10 Å². The second-order valence-corrected chi connectivity index (χ2v) is 7.23. The summed E-state index contributed by atoms with van der Waals surface area (Å²) in [5.41, 5.74) is 7.37. The molecule has 2 saturated carbocycles. The van der Waals surface area contributed by atoms with Crippen LogP contribution in [0.25, 0.3) is 0 Å². The molecule has 6 nitrogen and oxygen atoms in total. The van der Waals surface area contributed by atoms with E-state index in [9.17, 15) is 19.5 Å². The molecule has 0 aromatic heterocycles. The van der Waals surface area contributed by atoms with Crippen molar-refractivity contribution in [2.45, 2.75) is 38.2 Å². The number of primary amides is 1. The average Bonchev–Trinajstić information content (AvgIpc) is 2.98. The Morgan fingerprint density at radius 1 is 1.25 bits per heavy atom. The highest BCUT2D eigenvalue weighted by atomic mass is 16.6. The first-order valence-electron chi connectivity index (χ1n) is 8.38. The van der Waals surface area contributed by atoms with Crippen LogP contribution in [0.1, 0.15) is 32.1 Å². The molecular formula is C18H23NO5. The van der Waals surface area contributed by atoms with Gasteiger partial charge in [0.2, 0.25) is 5.91 Å². The van der Waals surface area contributed by atoms with Crippen molar-refractivity contribution in [3.8, 4) is 0 Å². The second-order valence-electron chi connectivity index (χ2n) is 7.23. The van der Waals surface area contributed by atoms with Gasteiger partial charge in [0.15, 0.2) is 0 Å². The van der Waals surface area contributed by atoms with E-state index in [-0.39, 0.29) is 30.3 Å². The van der Waals surface area contributed by atoms with Gasteiger partial charge in [-0.3, -0.25) is 14.4 Å². The summed E-state index contributed by atoms with van der Waals surface area (Å²) in [4.78, 5) is 35.4. The Morgan fingerprint density at radius 2 is 1.92 bits per heavy atom. The van der Waals surface area contributed by atoms with Crippen molar-refractivity contribution >= 4 is 17.8 Å². The first-order valence-corrected chi connectivity index (χ1v) is 8.38. The lowest BCUT2D eigenvalue weighted by Gasteiger charge is -2.27. The minimum atomic E-state index is -1.18. The molecule has 24 heavy (non-hydrogen) atoms. The molecule has 2 aliphatic carbocycles. The highest BCUT2D eigenvalue weighted by Gasteiger charge is 2.56. The zero-order valence-electron chi connectivity index (χ0n) is 13.6. The minimum absolute atomic E-state index is 0.0157. The third-order valence-corrected chi connectivity index (χ3v) is 5.94. The zero-order valence-corrected chi connectivity index (χ0v) is 13.6. The van der Waals surface area contributed by atoms with Gasteiger partial charge in [-0.1, -0.05) is 24.3 Å². The number of rotatable bonds is 4. The molecule has 0 aromatic rings. The first kappa shape index (κ1) is 16.7. The summed E-state index contributed by atoms with van der Waals surface area (Å²) in [6.45, 7) is 8.31. The lowest BCUT2D eigenvalue weighted by molar-refractivity contribution is -0.154. The fourth-order valence-electron chi connectivity index (χ4n) is 4.84. The highest BCUT2D eigenvalue weighted by Crippen LogP contribution is 2.53. The molecule has 0 aromatic carbocycles. The zero-order chi connectivity index (χ0) is 17.6. The maximum Gasteiger partial charge on any atom is 0.310 e. The third kappa shape index (κ3) is 2.64. The standard InChI is InChI=1S/C18H23NO5/c1-8-3-6-11-15(12(17(21)22)7-13(19)20)18(23)24-16(11)14-9(2)4-5-10(8)14/h10-12,14-16H,1-7H2,(H2,19,20)(H,21,22)/t10-,11-,12+,14-,15+,16-/m0/s1. The molecule has 3 N–H and O–H groups in total. The summed E-state index contributed by atoms with van der Waals surface area (Å²) in [6.07, 6.45) is 2.50. The number of carboxylic acids is 1. The SMILES string of the molecule is C=C1CC[C@H]2C(=C)CC[C@@H]3[C@H](OC(=O)[C@H]3[C@@H](CC(N)=O)C(=O)O)[C@@H]12. The van der Waals surface area contributed by atoms with E-state index in [4.69, 9.17) is 10.5 Å². The van der Waals surface area contributed by atoms with Crippen LogP contribution in [0.2, 0.25) is 0 Å². The number of hydrogen-bond acceptors (Lipinski definition) is 4. The predicted octanol–water partition coefficient (Wildman–Crippen LogP) is 1.65. The smallest absolute Gasteiger partial charge is 0.310 e. The number of fused-ring (bicyclic) bond motifs is 3. The van der Waals surface area contributed by atoms with E-state index >= 15 is 0 Å². The van der Waals surface area contributed by atoms with E-state index < -0.39 is 29.7 Å². The molecule has 1 saturated heterocycles. The van der Waals surface area contributed by atoms with Gasteiger partial charge in [0.05, 0.1) is 11.8 Å². The van der Waals surface area contributed by atoms with Crippen molar-refractivity contribution in [1.82, 2.24) is 0 Å². The molecule has 0 spiro atoms. The van der Waals surface area contributed by atoms with Crippen molar-refractivity contribution in [3.05, 3.63) is 24.3 Å². The maximum absolute atomic E-state index is 12.5. The monoisotopic (exact) mass is 333 g/mol. The molecule has 3 rings (SSSR count). The topological polar surface area (TPSA) is 107 Å². The van der Waals surface area contributed by atoms with Crippen LogP contribution in [0.15, 0.2) is 24.3 Å². The summed E-state index contributed by atoms with van der Waals surface area (Å²) < 4.78 is 5.65. The van der Waals surface area contributed by atoms with Gasteiger partial charge in [0, 0.05) is 18.3 Å². The van der Waals surface area contributed by atoms with E-state index in [0.29, 0.717) is 6.42 Å². The Labute approximate surface area is 140 Å². The second kappa shape index (κ2) is 6.07. The van der Waals surface area contributed by atoms with Crippen LogP contribution in [0.4, 0.5) is 0 Å². The molecule has 130 valence electrons. The molecule has 3 fully saturated rings. The number of carbonyl (C=O) groups excluding carboxylic acids is 2. The summed E-state index contributed by atoms with van der Waals surface area (Å²) >= 11 is 0. The van der Waals surface area contributed by atoms with E-state index in [1.165, 1.54) is 0 Å². The highest BCUT2D eigenvalue weighted by molar-refractivity contribution is 5.87. The minimum Gasteiger partial charge on any atom is -0.481 e. The summed E-state index contributed by atoms with van der Waals surface area (Å²) in [5.74, 6) is -4.37. The van der Waals surface area contributed by atoms with Crippen LogP contribution in [-0.4, -0.2) is 29.1 Å². The molecule has 6 heteroatoms. The van der Waals surface area contributed by atoms with Crippen LogP contribution in [0.5, 0.6) is 0 Å². The van der Waals surface area contributed by atoms with E-state index in [2.05, 4.69) is 13.2 Å². The number of carbonyl (C=O) groups is 3. The molecule has 0 unspecified atom stereocenters. The van der Waals surface area contributed by atoms with Crippen molar-refractivity contribution in [3.63, 3.8) is 0 Å². The number of ether oxygens (including phenoxy) is 1. The first-order chi connectivity index (χ1) is 11.3. The van der Waals surface area contributed by atoms with Gasteiger partial charge in [-0.15, -0.1) is 0 Å². The van der Waals surface area contributed by atoms with Crippen LogP contribution in [0.3, 0.4) is 0 Å². The Kier molecular flexibility index (Phi) is 4.24. The maximum atomic E-state index is 12.5. The van der Waals surface area contributed by atoms with Crippen molar-refractivity contribution in [2.24, 2.45) is 35.3 Å². The number of hydrogen-bond donors (Lipinski definition) is 2. The molecule has 1 amide bonds. The van der Waals surface area contributed by atoms with Crippen molar-refractivity contribution in [1.29, 1.82) is 0 Å². The third-order valence-electron chi connectivity index (χ3n) is 5.94. The largest absolute Gasteiger partial charge is 0.481 e. The number of aliphatic carboxylic acids is 1. The Balaban J connectivity index is 1.95. The molecule has 0 bridgehead atoms. The van der Waals surface area contributed by atoms with E-state index in [0.717, 1.165) is 30.4 Å². The molecule has 6 atom stereocenters. The van der Waals surface area contributed by atoms with Crippen molar-refractivity contribution in [2.75, 3.05) is 0 Å². The average molecular weight is 333 g/mol. The molecular weight excluding hydrogens is 310 g/mol. The number of amides is 1. The van der Waals surface area contributed by atoms with Gasteiger partial charge >= 0.3 is 11.9 Å². The van der Waals surface area contributed by atoms with Gasteiger partial charge in [0.25, 0.3) is 0 Å². The lowest BCUT2D eigenvalue weighted by Crippen LogP contribution is -2.36. The van der Waals surface area contributed by atoms with Crippen LogP contribution < -0.4 is 5.73 Å². The van der Waals surface area contributed by atoms with E-state index in [1.807, 2.05) is 0 Å². The molecule has 3 aliphatic rings. The van der Waals surface area contributed by atoms with Crippen LogP contribution in [-0.2, 0) is 19.1 Å². The Morgan fingerprint density at radius 3 is 2.54 bits per heavy atom. The van der Waals surface area contributed by atoms with Crippen LogP contribution >= 0.6 is 0 Å². The number of allylic oxidation sites excluding steroid dienone is 1. The lowest BCUT2D eigenvalue weighted by atomic mass is 9.74. The number of esters is 1. The summed E-state index contributed by atoms with van der Waals surface area (Å²) in [7, 11) is 0. The number of carboxylic acid groups (broad SMARTS) is 1. The predicted molar refractivity (Wildman–Crippen MR) is 85.5 cm³/mol. The fourth-order valence-corrected chi connectivity index (χ4v) is 4.84. The van der Waals surface area contributed by atoms with Crippen molar-refractivity contribution < 1.29 is 24.2 Å². The Bertz CT molecular complexity index is 625. The fraction of sp³-hybridized carbons (Fsp3) is 0.611. The molecule has 0 radical (unpaired) electrons. The summed E-state index contributed by atoms with van der Waals surface area (Å²) in [5, 5.41) is 9.50. The molecule has 1 heterocycles. The van der Waals surface area contributed by atoms with E-state index in [1.54, 1.807) is 0 Å². The van der Waals surface area contributed by atoms with Gasteiger partial charge in [-0.05, 0) is 31.6 Å². The van der Waals surface area contributed by atoms with Gasteiger partial charge in [-0.25, -0.2) is 0 Å². The van der Waals surface area contributed by atoms with Crippen LogP contribution in [0, 0.1) is 29.6 Å². The van der Waals surface area contributed by atoms with Gasteiger partial charge < -0.3 is 15.6 Å². The quantitative estimate of drug-likeness (QED) is 0.601. The summed E-state index contributed by atoms with van der Waals surface area (Å²) in [6, 6.07) is 0. The number of nitrogens with two attached hydrogens (primary N) is 1. The normalized spacial score (nSPS) is 36.5. The Hall–Kier alpha value is -2.11.